The summed E-state index contributed by atoms with van der Waals surface area (Å²) in [6, 6.07) is 20.0. The summed E-state index contributed by atoms with van der Waals surface area (Å²) in [7, 11) is 0. The van der Waals surface area contributed by atoms with E-state index in [1.165, 1.54) is 0 Å². The minimum atomic E-state index is 0.825. The van der Waals surface area contributed by atoms with Crippen LogP contribution in [-0.4, -0.2) is 5.16 Å². The van der Waals surface area contributed by atoms with Gasteiger partial charge in [-0.25, -0.2) is 0 Å². The Morgan fingerprint density at radius 1 is 0.913 bits per heavy atom. The fourth-order valence-corrected chi connectivity index (χ4v) is 2.89. The lowest BCUT2D eigenvalue weighted by atomic mass is 10.0. The lowest BCUT2D eigenvalue weighted by molar-refractivity contribution is 0.390. The van der Waals surface area contributed by atoms with Crippen LogP contribution in [-0.2, 0) is 6.42 Å². The average molecular weight is 303 g/mol. The molecule has 3 heteroatoms. The maximum absolute atomic E-state index is 6.13. The van der Waals surface area contributed by atoms with Crippen molar-refractivity contribution in [2.75, 3.05) is 0 Å². The molecule has 4 rings (SSSR count). The number of fused-ring (bicyclic) bond motifs is 3. The SMILES string of the molecule is CCCc1onc2c1cc(Oc1ccccc1)c1ccccc12. The number of hydrogen-bond donors (Lipinski definition) is 0. The molecule has 0 aliphatic carbocycles. The molecule has 1 aromatic heterocycles. The molecule has 114 valence electrons. The molecule has 0 aliphatic heterocycles. The van der Waals surface area contributed by atoms with Gasteiger partial charge in [0.05, 0.1) is 0 Å². The van der Waals surface area contributed by atoms with Gasteiger partial charge in [0.25, 0.3) is 0 Å². The molecule has 23 heavy (non-hydrogen) atoms. The van der Waals surface area contributed by atoms with Gasteiger partial charge in [-0.3, -0.25) is 0 Å². The maximum Gasteiger partial charge on any atom is 0.144 e. The van der Waals surface area contributed by atoms with Crippen LogP contribution in [0.2, 0.25) is 0 Å². The normalized spacial score (nSPS) is 11.2. The van der Waals surface area contributed by atoms with E-state index in [0.717, 1.165) is 51.8 Å². The minimum Gasteiger partial charge on any atom is -0.457 e. The standard InChI is InChI=1S/C20H17NO2/c1-2-8-18-17-13-19(22-14-9-4-3-5-10-14)15-11-6-7-12-16(15)20(17)21-23-18/h3-7,9-13H,2,8H2,1H3. The summed E-state index contributed by atoms with van der Waals surface area (Å²) in [4.78, 5) is 0. The first-order chi connectivity index (χ1) is 11.4. The van der Waals surface area contributed by atoms with Crippen LogP contribution in [0, 0.1) is 0 Å². The Morgan fingerprint density at radius 2 is 1.65 bits per heavy atom. The maximum atomic E-state index is 6.13. The van der Waals surface area contributed by atoms with E-state index < -0.39 is 0 Å². The summed E-state index contributed by atoms with van der Waals surface area (Å²) < 4.78 is 11.7. The van der Waals surface area contributed by atoms with Crippen molar-refractivity contribution < 1.29 is 9.26 Å². The second-order valence-corrected chi connectivity index (χ2v) is 5.59. The summed E-state index contributed by atoms with van der Waals surface area (Å²) in [5, 5.41) is 7.42. The highest BCUT2D eigenvalue weighted by atomic mass is 16.5. The topological polar surface area (TPSA) is 35.3 Å². The van der Waals surface area contributed by atoms with E-state index in [2.05, 4.69) is 24.2 Å². The fourth-order valence-electron chi connectivity index (χ4n) is 2.89. The van der Waals surface area contributed by atoms with Crippen LogP contribution >= 0.6 is 0 Å². The Hall–Kier alpha value is -2.81. The molecule has 0 saturated heterocycles. The van der Waals surface area contributed by atoms with Gasteiger partial charge in [-0.05, 0) is 24.6 Å². The van der Waals surface area contributed by atoms with Crippen LogP contribution in [0.25, 0.3) is 21.7 Å². The summed E-state index contributed by atoms with van der Waals surface area (Å²) in [6.07, 6.45) is 1.89. The largest absolute Gasteiger partial charge is 0.457 e. The van der Waals surface area contributed by atoms with E-state index in [4.69, 9.17) is 9.26 Å². The summed E-state index contributed by atoms with van der Waals surface area (Å²) >= 11 is 0. The third-order valence-electron chi connectivity index (χ3n) is 3.97. The third kappa shape index (κ3) is 2.44. The van der Waals surface area contributed by atoms with Crippen LogP contribution in [0.1, 0.15) is 19.1 Å². The Kier molecular flexibility index (Phi) is 3.46. The molecule has 0 amide bonds. The van der Waals surface area contributed by atoms with Crippen molar-refractivity contribution in [2.45, 2.75) is 19.8 Å². The summed E-state index contributed by atoms with van der Waals surface area (Å²) in [5.41, 5.74) is 0.907. The van der Waals surface area contributed by atoms with E-state index in [-0.39, 0.29) is 0 Å². The lowest BCUT2D eigenvalue weighted by Gasteiger charge is -2.09. The smallest absolute Gasteiger partial charge is 0.144 e. The second kappa shape index (κ2) is 5.76. The van der Waals surface area contributed by atoms with Crippen molar-refractivity contribution in [1.82, 2.24) is 5.16 Å². The molecule has 0 atom stereocenters. The number of nitrogens with zero attached hydrogens (tertiary/aromatic N) is 1. The first kappa shape index (κ1) is 13.8. The van der Waals surface area contributed by atoms with Crippen LogP contribution < -0.4 is 4.74 Å². The molecule has 3 nitrogen and oxygen atoms in total. The average Bonchev–Trinajstić information content (AvgIpc) is 3.00. The molecule has 0 N–H and O–H groups in total. The van der Waals surface area contributed by atoms with Crippen LogP contribution in [0.4, 0.5) is 0 Å². The fraction of sp³-hybridized carbons (Fsp3) is 0.150. The Labute approximate surface area is 134 Å². The quantitative estimate of drug-likeness (QED) is 0.483. The third-order valence-corrected chi connectivity index (χ3v) is 3.97. The van der Waals surface area contributed by atoms with Crippen molar-refractivity contribution in [3.8, 4) is 11.5 Å². The molecule has 4 aromatic rings. The van der Waals surface area contributed by atoms with Gasteiger partial charge in [-0.15, -0.1) is 0 Å². The van der Waals surface area contributed by atoms with Gasteiger partial charge in [0.1, 0.15) is 22.8 Å². The van der Waals surface area contributed by atoms with E-state index in [1.54, 1.807) is 0 Å². The highest BCUT2D eigenvalue weighted by Crippen LogP contribution is 2.37. The lowest BCUT2D eigenvalue weighted by Crippen LogP contribution is -1.88. The van der Waals surface area contributed by atoms with Crippen molar-refractivity contribution >= 4 is 21.7 Å². The molecule has 0 spiro atoms. The molecule has 0 bridgehead atoms. The molecular formula is C20H17NO2. The molecule has 0 radical (unpaired) electrons. The number of benzene rings is 3. The molecule has 0 fully saturated rings. The van der Waals surface area contributed by atoms with E-state index in [1.807, 2.05) is 48.5 Å². The number of para-hydroxylation sites is 1. The highest BCUT2D eigenvalue weighted by molar-refractivity contribution is 6.08. The first-order valence-corrected chi connectivity index (χ1v) is 7.89. The number of ether oxygens (including phenoxy) is 1. The van der Waals surface area contributed by atoms with Gasteiger partial charge >= 0.3 is 0 Å². The summed E-state index contributed by atoms with van der Waals surface area (Å²) in [5.74, 6) is 2.58. The number of rotatable bonds is 4. The van der Waals surface area contributed by atoms with Crippen molar-refractivity contribution in [2.24, 2.45) is 0 Å². The number of aryl methyl sites for hydroxylation is 1. The first-order valence-electron chi connectivity index (χ1n) is 7.89. The van der Waals surface area contributed by atoms with Crippen LogP contribution in [0.3, 0.4) is 0 Å². The van der Waals surface area contributed by atoms with Crippen LogP contribution in [0.15, 0.2) is 65.2 Å². The van der Waals surface area contributed by atoms with Crippen molar-refractivity contribution in [1.29, 1.82) is 0 Å². The highest BCUT2D eigenvalue weighted by Gasteiger charge is 2.15. The number of aromatic nitrogens is 1. The van der Waals surface area contributed by atoms with Gasteiger partial charge < -0.3 is 9.26 Å². The van der Waals surface area contributed by atoms with Crippen molar-refractivity contribution in [3.05, 3.63) is 66.4 Å². The van der Waals surface area contributed by atoms with Crippen molar-refractivity contribution in [3.63, 3.8) is 0 Å². The van der Waals surface area contributed by atoms with E-state index >= 15 is 0 Å². The number of hydrogen-bond acceptors (Lipinski definition) is 3. The Morgan fingerprint density at radius 3 is 2.43 bits per heavy atom. The van der Waals surface area contributed by atoms with Gasteiger partial charge in [-0.2, -0.15) is 0 Å². The predicted octanol–water partition coefficient (Wildman–Crippen LogP) is 5.73. The molecular weight excluding hydrogens is 286 g/mol. The molecule has 0 aliphatic rings. The van der Waals surface area contributed by atoms with Crippen LogP contribution in [0.5, 0.6) is 11.5 Å². The van der Waals surface area contributed by atoms with E-state index in [9.17, 15) is 0 Å². The Balaban J connectivity index is 1.94. The van der Waals surface area contributed by atoms with E-state index in [0.29, 0.717) is 0 Å². The molecule has 0 saturated carbocycles. The monoisotopic (exact) mass is 303 g/mol. The van der Waals surface area contributed by atoms with Gasteiger partial charge in [0.15, 0.2) is 0 Å². The van der Waals surface area contributed by atoms with Gasteiger partial charge in [0.2, 0.25) is 0 Å². The second-order valence-electron chi connectivity index (χ2n) is 5.59. The zero-order chi connectivity index (χ0) is 15.6. The summed E-state index contributed by atoms with van der Waals surface area (Å²) in [6.45, 7) is 2.14. The van der Waals surface area contributed by atoms with Gasteiger partial charge in [-0.1, -0.05) is 54.5 Å². The van der Waals surface area contributed by atoms with Gasteiger partial charge in [0, 0.05) is 22.6 Å². The minimum absolute atomic E-state index is 0.825. The molecule has 1 heterocycles. The Bertz CT molecular complexity index is 957. The predicted molar refractivity (Wildman–Crippen MR) is 92.0 cm³/mol. The zero-order valence-electron chi connectivity index (χ0n) is 13.0. The molecule has 0 unspecified atom stereocenters. The molecule has 3 aromatic carbocycles. The zero-order valence-corrected chi connectivity index (χ0v) is 13.0.